The number of benzene rings is 1. The van der Waals surface area contributed by atoms with Gasteiger partial charge in [0.2, 0.25) is 0 Å². The quantitative estimate of drug-likeness (QED) is 0.453. The summed E-state index contributed by atoms with van der Waals surface area (Å²) < 4.78 is 11.9. The maximum absolute atomic E-state index is 13.0. The number of carbonyl (C=O) groups excluding carboxylic acids is 2. The summed E-state index contributed by atoms with van der Waals surface area (Å²) >= 11 is 0. The predicted molar refractivity (Wildman–Crippen MR) is 129 cm³/mol. The molecule has 0 bridgehead atoms. The van der Waals surface area contributed by atoms with E-state index in [0.29, 0.717) is 44.1 Å². The molecule has 4 rings (SSSR count). The van der Waals surface area contributed by atoms with Gasteiger partial charge < -0.3 is 19.3 Å². The van der Waals surface area contributed by atoms with E-state index in [4.69, 9.17) is 9.47 Å². The van der Waals surface area contributed by atoms with Crippen molar-refractivity contribution >= 4 is 17.7 Å². The average Bonchev–Trinajstić information content (AvgIpc) is 2.90. The molecule has 3 aromatic rings. The lowest BCUT2D eigenvalue weighted by atomic mass is 10.2. The Kier molecular flexibility index (Phi) is 7.71. The van der Waals surface area contributed by atoms with E-state index < -0.39 is 5.97 Å². The molecule has 1 aromatic carbocycles. The smallest absolute Gasteiger partial charge is 0.339 e. The van der Waals surface area contributed by atoms with Crippen molar-refractivity contribution in [3.63, 3.8) is 0 Å². The molecule has 182 valence electrons. The van der Waals surface area contributed by atoms with Gasteiger partial charge in [0.15, 0.2) is 0 Å². The van der Waals surface area contributed by atoms with Gasteiger partial charge in [-0.2, -0.15) is 5.10 Å². The first-order chi connectivity index (χ1) is 17.0. The number of esters is 1. The van der Waals surface area contributed by atoms with Crippen LogP contribution < -0.4 is 15.2 Å². The van der Waals surface area contributed by atoms with Crippen LogP contribution in [0.25, 0.3) is 0 Å². The molecule has 0 saturated carbocycles. The molecule has 1 amide bonds. The molecule has 1 aliphatic heterocycles. The SMILES string of the molecule is CCOC(=O)c1ccc(N2CCN(C(=O)c3ccc(=O)n(CCOc4ccccc4)n3)CC2)nc1. The second-order valence-electron chi connectivity index (χ2n) is 7.85. The van der Waals surface area contributed by atoms with Gasteiger partial charge in [0.05, 0.1) is 18.7 Å². The van der Waals surface area contributed by atoms with Gasteiger partial charge >= 0.3 is 5.97 Å². The summed E-state index contributed by atoms with van der Waals surface area (Å²) in [5.74, 6) is 0.807. The number of hydrogen-bond donors (Lipinski definition) is 0. The number of amides is 1. The molecule has 1 saturated heterocycles. The number of para-hydroxylation sites is 1. The third-order valence-electron chi connectivity index (χ3n) is 5.55. The molecule has 1 fully saturated rings. The van der Waals surface area contributed by atoms with Gasteiger partial charge in [0, 0.05) is 38.4 Å². The van der Waals surface area contributed by atoms with Gasteiger partial charge in [-0.1, -0.05) is 18.2 Å². The van der Waals surface area contributed by atoms with E-state index >= 15 is 0 Å². The van der Waals surface area contributed by atoms with Gasteiger partial charge in [-0.05, 0) is 37.3 Å². The molecular formula is C25H27N5O5. The van der Waals surface area contributed by atoms with Crippen molar-refractivity contribution in [2.24, 2.45) is 0 Å². The van der Waals surface area contributed by atoms with Crippen LogP contribution in [0.3, 0.4) is 0 Å². The van der Waals surface area contributed by atoms with Crippen LogP contribution in [0.2, 0.25) is 0 Å². The zero-order chi connectivity index (χ0) is 24.6. The second kappa shape index (κ2) is 11.3. The van der Waals surface area contributed by atoms with E-state index in [-0.39, 0.29) is 30.3 Å². The number of nitrogens with zero attached hydrogens (tertiary/aromatic N) is 5. The largest absolute Gasteiger partial charge is 0.492 e. The highest BCUT2D eigenvalue weighted by molar-refractivity contribution is 5.92. The number of aromatic nitrogens is 3. The van der Waals surface area contributed by atoms with Crippen LogP contribution >= 0.6 is 0 Å². The number of rotatable bonds is 8. The molecule has 0 atom stereocenters. The number of hydrogen-bond acceptors (Lipinski definition) is 8. The summed E-state index contributed by atoms with van der Waals surface area (Å²) in [7, 11) is 0. The minimum absolute atomic E-state index is 0.217. The van der Waals surface area contributed by atoms with Gasteiger partial charge in [0.1, 0.15) is 23.9 Å². The standard InChI is InChI=1S/C25H27N5O5/c1-2-34-25(33)19-8-10-22(26-18-19)28-12-14-29(15-13-28)24(32)21-9-11-23(31)30(27-21)16-17-35-20-6-4-3-5-7-20/h3-11,18H,2,12-17H2,1H3. The van der Waals surface area contributed by atoms with Crippen LogP contribution in [-0.2, 0) is 11.3 Å². The number of ether oxygens (including phenoxy) is 2. The third-order valence-corrected chi connectivity index (χ3v) is 5.55. The van der Waals surface area contributed by atoms with Crippen molar-refractivity contribution < 1.29 is 19.1 Å². The minimum Gasteiger partial charge on any atom is -0.492 e. The summed E-state index contributed by atoms with van der Waals surface area (Å²) in [5, 5.41) is 4.26. The molecule has 2 aromatic heterocycles. The molecule has 0 spiro atoms. The van der Waals surface area contributed by atoms with Crippen molar-refractivity contribution in [3.05, 3.63) is 82.4 Å². The Morgan fingerprint density at radius 2 is 1.74 bits per heavy atom. The molecule has 0 N–H and O–H groups in total. The molecule has 0 aliphatic carbocycles. The molecule has 10 heteroatoms. The molecular weight excluding hydrogens is 450 g/mol. The van der Waals surface area contributed by atoms with E-state index in [1.165, 1.54) is 23.0 Å². The van der Waals surface area contributed by atoms with Gasteiger partial charge in [-0.15, -0.1) is 0 Å². The second-order valence-corrected chi connectivity index (χ2v) is 7.85. The summed E-state index contributed by atoms with van der Waals surface area (Å²) in [6, 6.07) is 15.6. The Hall–Kier alpha value is -4.21. The Labute approximate surface area is 202 Å². The van der Waals surface area contributed by atoms with Crippen molar-refractivity contribution in [1.29, 1.82) is 0 Å². The first-order valence-electron chi connectivity index (χ1n) is 11.5. The molecule has 0 radical (unpaired) electrons. The highest BCUT2D eigenvalue weighted by Gasteiger charge is 2.24. The topological polar surface area (TPSA) is 107 Å². The molecule has 35 heavy (non-hydrogen) atoms. The Balaban J connectivity index is 1.33. The zero-order valence-electron chi connectivity index (χ0n) is 19.5. The fourth-order valence-corrected chi connectivity index (χ4v) is 3.70. The zero-order valence-corrected chi connectivity index (χ0v) is 19.5. The number of anilines is 1. The van der Waals surface area contributed by atoms with Gasteiger partial charge in [-0.25, -0.2) is 14.5 Å². The number of pyridine rings is 1. The van der Waals surface area contributed by atoms with Gasteiger partial charge in [0.25, 0.3) is 11.5 Å². The molecule has 3 heterocycles. The third kappa shape index (κ3) is 6.03. The van der Waals surface area contributed by atoms with Crippen molar-refractivity contribution in [2.45, 2.75) is 13.5 Å². The highest BCUT2D eigenvalue weighted by Crippen LogP contribution is 2.16. The van der Waals surface area contributed by atoms with Gasteiger partial charge in [-0.3, -0.25) is 9.59 Å². The number of carbonyl (C=O) groups is 2. The van der Waals surface area contributed by atoms with E-state index in [2.05, 4.69) is 10.1 Å². The fraction of sp³-hybridized carbons (Fsp3) is 0.320. The predicted octanol–water partition coefficient (Wildman–Crippen LogP) is 1.86. The van der Waals surface area contributed by atoms with Crippen LogP contribution in [0.5, 0.6) is 5.75 Å². The lowest BCUT2D eigenvalue weighted by Gasteiger charge is -2.35. The lowest BCUT2D eigenvalue weighted by molar-refractivity contribution is 0.0525. The summed E-state index contributed by atoms with van der Waals surface area (Å²) in [5.41, 5.74) is 0.329. The Bertz CT molecular complexity index is 1200. The fourth-order valence-electron chi connectivity index (χ4n) is 3.70. The molecule has 10 nitrogen and oxygen atoms in total. The van der Waals surface area contributed by atoms with Crippen LogP contribution in [0.1, 0.15) is 27.8 Å². The van der Waals surface area contributed by atoms with E-state index in [1.54, 1.807) is 24.0 Å². The van der Waals surface area contributed by atoms with E-state index in [1.807, 2.05) is 35.2 Å². The highest BCUT2D eigenvalue weighted by atomic mass is 16.5. The van der Waals surface area contributed by atoms with Crippen molar-refractivity contribution in [2.75, 3.05) is 44.3 Å². The summed E-state index contributed by atoms with van der Waals surface area (Å²) in [6.07, 6.45) is 1.50. The average molecular weight is 478 g/mol. The minimum atomic E-state index is -0.401. The lowest BCUT2D eigenvalue weighted by Crippen LogP contribution is -2.49. The van der Waals surface area contributed by atoms with E-state index in [0.717, 1.165) is 5.82 Å². The van der Waals surface area contributed by atoms with Crippen LogP contribution in [0.15, 0.2) is 65.6 Å². The van der Waals surface area contributed by atoms with Crippen LogP contribution in [0, 0.1) is 0 Å². The monoisotopic (exact) mass is 477 g/mol. The van der Waals surface area contributed by atoms with Crippen molar-refractivity contribution in [3.8, 4) is 5.75 Å². The Morgan fingerprint density at radius 1 is 0.971 bits per heavy atom. The number of piperazine rings is 1. The molecule has 0 unspecified atom stereocenters. The summed E-state index contributed by atoms with van der Waals surface area (Å²) in [4.78, 5) is 45.1. The summed E-state index contributed by atoms with van der Waals surface area (Å²) in [6.45, 7) is 4.70. The van der Waals surface area contributed by atoms with Crippen LogP contribution in [0.4, 0.5) is 5.82 Å². The van der Waals surface area contributed by atoms with Crippen molar-refractivity contribution in [1.82, 2.24) is 19.7 Å². The van der Waals surface area contributed by atoms with Crippen LogP contribution in [-0.4, -0.2) is 70.9 Å². The maximum atomic E-state index is 13.0. The van der Waals surface area contributed by atoms with E-state index in [9.17, 15) is 14.4 Å². The first kappa shape index (κ1) is 23.9. The first-order valence-corrected chi connectivity index (χ1v) is 11.5. The Morgan fingerprint density at radius 3 is 2.43 bits per heavy atom. The normalized spacial score (nSPS) is 13.4. The molecule has 1 aliphatic rings. The maximum Gasteiger partial charge on any atom is 0.339 e.